The van der Waals surface area contributed by atoms with Crippen LogP contribution in [0.4, 0.5) is 13.2 Å². The molecule has 0 fully saturated rings. The predicted molar refractivity (Wildman–Crippen MR) is 52.5 cm³/mol. The number of rotatable bonds is 1. The second kappa shape index (κ2) is 3.87. The van der Waals surface area contributed by atoms with Crippen LogP contribution in [0.25, 0.3) is 0 Å². The number of hydrogen-bond acceptors (Lipinski definition) is 2. The first kappa shape index (κ1) is 11.6. The Morgan fingerprint density at radius 3 is 2.53 bits per heavy atom. The van der Waals surface area contributed by atoms with E-state index < -0.39 is 23.9 Å². The van der Waals surface area contributed by atoms with Gasteiger partial charge in [0.1, 0.15) is 0 Å². The molecular formula is C11H8F3NO2. The Morgan fingerprint density at radius 2 is 1.94 bits per heavy atom. The molecular weight excluding hydrogens is 235 g/mol. The van der Waals surface area contributed by atoms with Crippen molar-refractivity contribution in [3.05, 3.63) is 35.4 Å². The van der Waals surface area contributed by atoms with Crippen molar-refractivity contribution in [2.24, 2.45) is 0 Å². The molecule has 1 amide bonds. The van der Waals surface area contributed by atoms with Crippen molar-refractivity contribution in [1.29, 1.82) is 0 Å². The summed E-state index contributed by atoms with van der Waals surface area (Å²) < 4.78 is 36.1. The number of carbonyl (C=O) groups excluding carboxylic acids is 2. The fraction of sp³-hybridized carbons (Fsp3) is 0.273. The summed E-state index contributed by atoms with van der Waals surface area (Å²) in [5, 5.41) is 1.70. The number of benzene rings is 1. The van der Waals surface area contributed by atoms with Crippen LogP contribution in [-0.2, 0) is 11.2 Å². The van der Waals surface area contributed by atoms with Crippen LogP contribution in [0.15, 0.2) is 24.3 Å². The highest BCUT2D eigenvalue weighted by atomic mass is 19.4. The number of ketones is 1. The fourth-order valence-electron chi connectivity index (χ4n) is 1.80. The van der Waals surface area contributed by atoms with Gasteiger partial charge in [-0.1, -0.05) is 24.3 Å². The molecule has 0 radical (unpaired) electrons. The summed E-state index contributed by atoms with van der Waals surface area (Å²) in [6.45, 7) is 0. The lowest BCUT2D eigenvalue weighted by molar-refractivity contribution is -0.174. The van der Waals surface area contributed by atoms with Crippen molar-refractivity contribution >= 4 is 11.7 Å². The summed E-state index contributed by atoms with van der Waals surface area (Å²) in [5.41, 5.74) is 1.03. The van der Waals surface area contributed by atoms with Crippen LogP contribution in [0.1, 0.15) is 15.9 Å². The molecule has 0 spiro atoms. The lowest BCUT2D eigenvalue weighted by atomic mass is 10.1. The van der Waals surface area contributed by atoms with Gasteiger partial charge in [-0.15, -0.1) is 0 Å². The Hall–Kier alpha value is -1.85. The summed E-state index contributed by atoms with van der Waals surface area (Å²) in [7, 11) is 0. The molecule has 1 aliphatic rings. The molecule has 1 aromatic rings. The van der Waals surface area contributed by atoms with E-state index in [1.165, 1.54) is 6.07 Å². The topological polar surface area (TPSA) is 46.2 Å². The number of Topliss-reactive ketones (excluding diaryl/α,β-unsaturated/α-hetero) is 1. The SMILES string of the molecule is O=C1c2ccccc2C[C@H]1NC(=O)C(F)(F)F. The van der Waals surface area contributed by atoms with E-state index in [0.717, 1.165) is 0 Å². The maximum atomic E-state index is 12.0. The van der Waals surface area contributed by atoms with Gasteiger partial charge in [-0.3, -0.25) is 9.59 Å². The van der Waals surface area contributed by atoms with E-state index in [1.807, 2.05) is 0 Å². The van der Waals surface area contributed by atoms with Crippen LogP contribution in [0, 0.1) is 0 Å². The molecule has 0 heterocycles. The van der Waals surface area contributed by atoms with Crippen LogP contribution >= 0.6 is 0 Å². The average molecular weight is 243 g/mol. The van der Waals surface area contributed by atoms with Gasteiger partial charge in [0.15, 0.2) is 5.78 Å². The summed E-state index contributed by atoms with van der Waals surface area (Å²) in [6.07, 6.45) is -4.86. The van der Waals surface area contributed by atoms with Crippen LogP contribution < -0.4 is 5.32 Å². The minimum Gasteiger partial charge on any atom is -0.338 e. The molecule has 0 aromatic heterocycles. The van der Waals surface area contributed by atoms with Gasteiger partial charge in [-0.2, -0.15) is 13.2 Å². The molecule has 0 bridgehead atoms. The average Bonchev–Trinajstić information content (AvgIpc) is 2.55. The fourth-order valence-corrected chi connectivity index (χ4v) is 1.80. The highest BCUT2D eigenvalue weighted by molar-refractivity contribution is 6.06. The van der Waals surface area contributed by atoms with Gasteiger partial charge in [0, 0.05) is 12.0 Å². The first-order valence-electron chi connectivity index (χ1n) is 4.89. The van der Waals surface area contributed by atoms with Gasteiger partial charge < -0.3 is 5.32 Å². The van der Waals surface area contributed by atoms with Gasteiger partial charge in [0.05, 0.1) is 6.04 Å². The minimum absolute atomic E-state index is 0.108. The molecule has 6 heteroatoms. The number of carbonyl (C=O) groups is 2. The largest absolute Gasteiger partial charge is 0.471 e. The number of amides is 1. The molecule has 90 valence electrons. The van der Waals surface area contributed by atoms with Gasteiger partial charge in [0.2, 0.25) is 0 Å². The Kier molecular flexibility index (Phi) is 2.65. The molecule has 0 unspecified atom stereocenters. The van der Waals surface area contributed by atoms with Crippen molar-refractivity contribution in [3.8, 4) is 0 Å². The molecule has 1 N–H and O–H groups in total. The Balaban J connectivity index is 2.14. The number of hydrogen-bond donors (Lipinski definition) is 1. The molecule has 3 nitrogen and oxygen atoms in total. The molecule has 1 aromatic carbocycles. The van der Waals surface area contributed by atoms with Crippen molar-refractivity contribution in [3.63, 3.8) is 0 Å². The van der Waals surface area contributed by atoms with Crippen molar-refractivity contribution < 1.29 is 22.8 Å². The molecule has 17 heavy (non-hydrogen) atoms. The molecule has 0 saturated carbocycles. The summed E-state index contributed by atoms with van der Waals surface area (Å²) in [4.78, 5) is 22.4. The predicted octanol–water partition coefficient (Wildman–Crippen LogP) is 1.47. The molecule has 1 atom stereocenters. The highest BCUT2D eigenvalue weighted by Gasteiger charge is 2.42. The lowest BCUT2D eigenvalue weighted by Crippen LogP contribution is -2.45. The molecule has 1 aliphatic carbocycles. The zero-order valence-electron chi connectivity index (χ0n) is 8.54. The maximum absolute atomic E-state index is 12.0. The normalized spacial score (nSPS) is 19.0. The lowest BCUT2D eigenvalue weighted by Gasteiger charge is -2.12. The van der Waals surface area contributed by atoms with Gasteiger partial charge in [0.25, 0.3) is 0 Å². The van der Waals surface area contributed by atoms with Gasteiger partial charge in [-0.05, 0) is 5.56 Å². The van der Waals surface area contributed by atoms with Crippen molar-refractivity contribution in [2.45, 2.75) is 18.6 Å². The number of alkyl halides is 3. The minimum atomic E-state index is -4.96. The van der Waals surface area contributed by atoms with Crippen LogP contribution in [0.5, 0.6) is 0 Å². The first-order valence-corrected chi connectivity index (χ1v) is 4.89. The van der Waals surface area contributed by atoms with E-state index >= 15 is 0 Å². The zero-order valence-corrected chi connectivity index (χ0v) is 8.54. The maximum Gasteiger partial charge on any atom is 0.471 e. The van der Waals surface area contributed by atoms with E-state index in [9.17, 15) is 22.8 Å². The Bertz CT molecular complexity index is 482. The van der Waals surface area contributed by atoms with Crippen molar-refractivity contribution in [2.75, 3.05) is 0 Å². The number of fused-ring (bicyclic) bond motifs is 1. The summed E-state index contributed by atoms with van der Waals surface area (Å²) in [5.74, 6) is -2.55. The quantitative estimate of drug-likeness (QED) is 0.811. The zero-order chi connectivity index (χ0) is 12.6. The number of nitrogens with one attached hydrogen (secondary N) is 1. The molecule has 2 rings (SSSR count). The summed E-state index contributed by atoms with van der Waals surface area (Å²) >= 11 is 0. The number of halogens is 3. The van der Waals surface area contributed by atoms with E-state index in [4.69, 9.17) is 0 Å². The molecule has 0 saturated heterocycles. The summed E-state index contributed by atoms with van der Waals surface area (Å²) in [6, 6.07) is 5.41. The smallest absolute Gasteiger partial charge is 0.338 e. The van der Waals surface area contributed by atoms with Crippen molar-refractivity contribution in [1.82, 2.24) is 5.32 Å². The third kappa shape index (κ3) is 2.15. The molecule has 0 aliphatic heterocycles. The Labute approximate surface area is 94.6 Å². The second-order valence-corrected chi connectivity index (χ2v) is 3.75. The van der Waals surface area contributed by atoms with E-state index in [-0.39, 0.29) is 6.42 Å². The third-order valence-electron chi connectivity index (χ3n) is 2.59. The van der Waals surface area contributed by atoms with E-state index in [0.29, 0.717) is 11.1 Å². The van der Waals surface area contributed by atoms with Crippen LogP contribution in [0.3, 0.4) is 0 Å². The standard InChI is InChI=1S/C11H8F3NO2/c12-11(13,14)10(17)15-8-5-6-3-1-2-4-7(6)9(8)16/h1-4,8H,5H2,(H,15,17)/t8-/m1/s1. The first-order chi connectivity index (χ1) is 7.89. The van der Waals surface area contributed by atoms with Gasteiger partial charge in [-0.25, -0.2) is 0 Å². The van der Waals surface area contributed by atoms with Crippen LogP contribution in [-0.4, -0.2) is 23.9 Å². The third-order valence-corrected chi connectivity index (χ3v) is 2.59. The van der Waals surface area contributed by atoms with E-state index in [2.05, 4.69) is 0 Å². The monoisotopic (exact) mass is 243 g/mol. The highest BCUT2D eigenvalue weighted by Crippen LogP contribution is 2.23. The van der Waals surface area contributed by atoms with E-state index in [1.54, 1.807) is 23.5 Å². The Morgan fingerprint density at radius 1 is 1.29 bits per heavy atom. The van der Waals surface area contributed by atoms with Crippen LogP contribution in [0.2, 0.25) is 0 Å². The second-order valence-electron chi connectivity index (χ2n) is 3.75. The van der Waals surface area contributed by atoms with Gasteiger partial charge >= 0.3 is 12.1 Å².